The summed E-state index contributed by atoms with van der Waals surface area (Å²) in [4.78, 5) is 7.49. The highest BCUT2D eigenvalue weighted by Crippen LogP contribution is 2.34. The van der Waals surface area contributed by atoms with Gasteiger partial charge in [0.2, 0.25) is 0 Å². The summed E-state index contributed by atoms with van der Waals surface area (Å²) in [7, 11) is 2.04. The van der Waals surface area contributed by atoms with Crippen molar-refractivity contribution < 1.29 is 0 Å². The predicted octanol–water partition coefficient (Wildman–Crippen LogP) is 3.14. The van der Waals surface area contributed by atoms with Crippen LogP contribution in [0.5, 0.6) is 0 Å². The standard InChI is InChI=1S/C15H18N2S/c1-16-13(10-12-6-2-3-8-17-12)15-9-11-5-4-7-14(11)18-15/h2-3,6,8-9,13,16H,4-5,7,10H2,1H3. The van der Waals surface area contributed by atoms with Crippen LogP contribution in [-0.4, -0.2) is 12.0 Å². The summed E-state index contributed by atoms with van der Waals surface area (Å²) in [6.45, 7) is 0. The Hall–Kier alpha value is -1.19. The highest BCUT2D eigenvalue weighted by molar-refractivity contribution is 7.12. The molecule has 1 unspecified atom stereocenters. The Kier molecular flexibility index (Phi) is 3.43. The van der Waals surface area contributed by atoms with Gasteiger partial charge in [0.1, 0.15) is 0 Å². The fourth-order valence-electron chi connectivity index (χ4n) is 2.60. The van der Waals surface area contributed by atoms with Crippen LogP contribution in [0.15, 0.2) is 30.5 Å². The van der Waals surface area contributed by atoms with E-state index in [1.807, 2.05) is 30.6 Å². The van der Waals surface area contributed by atoms with Crippen molar-refractivity contribution in [1.82, 2.24) is 10.3 Å². The van der Waals surface area contributed by atoms with E-state index in [2.05, 4.69) is 28.5 Å². The molecule has 1 N–H and O–H groups in total. The lowest BCUT2D eigenvalue weighted by Crippen LogP contribution is -2.18. The van der Waals surface area contributed by atoms with Crippen molar-refractivity contribution in [3.63, 3.8) is 0 Å². The maximum absolute atomic E-state index is 4.42. The number of nitrogens with one attached hydrogen (secondary N) is 1. The van der Waals surface area contributed by atoms with Gasteiger partial charge in [-0.1, -0.05) is 6.07 Å². The zero-order valence-electron chi connectivity index (χ0n) is 10.6. The predicted molar refractivity (Wildman–Crippen MR) is 76.1 cm³/mol. The minimum atomic E-state index is 0.399. The maximum Gasteiger partial charge on any atom is 0.0468 e. The highest BCUT2D eigenvalue weighted by Gasteiger charge is 2.19. The lowest BCUT2D eigenvalue weighted by Gasteiger charge is -2.14. The summed E-state index contributed by atoms with van der Waals surface area (Å²) in [5.41, 5.74) is 2.74. The first-order chi connectivity index (χ1) is 8.86. The van der Waals surface area contributed by atoms with E-state index in [4.69, 9.17) is 0 Å². The zero-order valence-corrected chi connectivity index (χ0v) is 11.5. The molecule has 2 aromatic rings. The van der Waals surface area contributed by atoms with Gasteiger partial charge in [-0.05, 0) is 50.1 Å². The molecule has 1 aliphatic carbocycles. The molecule has 0 spiro atoms. The van der Waals surface area contributed by atoms with Gasteiger partial charge in [0, 0.05) is 34.1 Å². The summed E-state index contributed by atoms with van der Waals surface area (Å²) in [6.07, 6.45) is 6.73. The van der Waals surface area contributed by atoms with Crippen LogP contribution in [-0.2, 0) is 19.3 Å². The summed E-state index contributed by atoms with van der Waals surface area (Å²) >= 11 is 1.98. The van der Waals surface area contributed by atoms with E-state index in [0.29, 0.717) is 6.04 Å². The first-order valence-electron chi connectivity index (χ1n) is 6.55. The van der Waals surface area contributed by atoms with Gasteiger partial charge in [0.15, 0.2) is 0 Å². The number of hydrogen-bond acceptors (Lipinski definition) is 3. The number of thiophene rings is 1. The molecule has 0 saturated heterocycles. The molecule has 0 bridgehead atoms. The van der Waals surface area contributed by atoms with Crippen molar-refractivity contribution in [3.05, 3.63) is 51.5 Å². The first-order valence-corrected chi connectivity index (χ1v) is 7.37. The SMILES string of the molecule is CNC(Cc1ccccn1)c1cc2c(s1)CCC2. The molecule has 2 nitrogen and oxygen atoms in total. The molecule has 0 fully saturated rings. The zero-order chi connectivity index (χ0) is 12.4. The minimum absolute atomic E-state index is 0.399. The molecule has 1 atom stereocenters. The molecule has 1 aliphatic rings. The third-order valence-electron chi connectivity index (χ3n) is 3.60. The molecule has 18 heavy (non-hydrogen) atoms. The summed E-state index contributed by atoms with van der Waals surface area (Å²) in [5, 5.41) is 3.43. The van der Waals surface area contributed by atoms with Gasteiger partial charge in [-0.15, -0.1) is 11.3 Å². The second-order valence-corrected chi connectivity index (χ2v) is 5.99. The van der Waals surface area contributed by atoms with E-state index < -0.39 is 0 Å². The van der Waals surface area contributed by atoms with E-state index >= 15 is 0 Å². The summed E-state index contributed by atoms with van der Waals surface area (Å²) in [6, 6.07) is 8.93. The van der Waals surface area contributed by atoms with Crippen molar-refractivity contribution in [3.8, 4) is 0 Å². The summed E-state index contributed by atoms with van der Waals surface area (Å²) in [5.74, 6) is 0. The van der Waals surface area contributed by atoms with Crippen molar-refractivity contribution in [1.29, 1.82) is 0 Å². The molecule has 2 heterocycles. The Morgan fingerprint density at radius 3 is 3.06 bits per heavy atom. The maximum atomic E-state index is 4.42. The smallest absolute Gasteiger partial charge is 0.0468 e. The van der Waals surface area contributed by atoms with Crippen LogP contribution in [0.25, 0.3) is 0 Å². The number of nitrogens with zero attached hydrogens (tertiary/aromatic N) is 1. The molecule has 94 valence electrons. The van der Waals surface area contributed by atoms with E-state index in [9.17, 15) is 0 Å². The normalized spacial score (nSPS) is 15.6. The number of fused-ring (bicyclic) bond motifs is 1. The molecule has 3 rings (SSSR count). The van der Waals surface area contributed by atoms with Gasteiger partial charge in [-0.25, -0.2) is 0 Å². The van der Waals surface area contributed by atoms with Crippen molar-refractivity contribution in [2.75, 3.05) is 7.05 Å². The third-order valence-corrected chi connectivity index (χ3v) is 4.95. The van der Waals surface area contributed by atoms with E-state index in [0.717, 1.165) is 12.1 Å². The Morgan fingerprint density at radius 1 is 1.39 bits per heavy atom. The lowest BCUT2D eigenvalue weighted by molar-refractivity contribution is 0.593. The Balaban J connectivity index is 1.79. The number of hydrogen-bond donors (Lipinski definition) is 1. The van der Waals surface area contributed by atoms with Gasteiger partial charge in [0.25, 0.3) is 0 Å². The van der Waals surface area contributed by atoms with Crippen LogP contribution in [0, 0.1) is 0 Å². The van der Waals surface area contributed by atoms with Gasteiger partial charge in [0.05, 0.1) is 0 Å². The van der Waals surface area contributed by atoms with Crippen LogP contribution in [0.3, 0.4) is 0 Å². The Bertz CT molecular complexity index is 497. The molecule has 0 amide bonds. The Labute approximate surface area is 112 Å². The number of likely N-dealkylation sites (N-methyl/N-ethyl adjacent to an activating group) is 1. The minimum Gasteiger partial charge on any atom is -0.312 e. The molecule has 3 heteroatoms. The number of aromatic nitrogens is 1. The largest absolute Gasteiger partial charge is 0.312 e. The van der Waals surface area contributed by atoms with Crippen molar-refractivity contribution >= 4 is 11.3 Å². The number of pyridine rings is 1. The monoisotopic (exact) mass is 258 g/mol. The van der Waals surface area contributed by atoms with Gasteiger partial charge >= 0.3 is 0 Å². The summed E-state index contributed by atoms with van der Waals surface area (Å²) < 4.78 is 0. The Morgan fingerprint density at radius 2 is 2.33 bits per heavy atom. The topological polar surface area (TPSA) is 24.9 Å². The van der Waals surface area contributed by atoms with Gasteiger partial charge < -0.3 is 5.32 Å². The second kappa shape index (κ2) is 5.21. The van der Waals surface area contributed by atoms with E-state index in [1.165, 1.54) is 24.1 Å². The fourth-order valence-corrected chi connectivity index (χ4v) is 3.96. The van der Waals surface area contributed by atoms with E-state index in [1.54, 1.807) is 10.4 Å². The molecule has 0 aromatic carbocycles. The lowest BCUT2D eigenvalue weighted by atomic mass is 10.1. The molecule has 2 aromatic heterocycles. The fraction of sp³-hybridized carbons (Fsp3) is 0.400. The van der Waals surface area contributed by atoms with Crippen molar-refractivity contribution in [2.45, 2.75) is 31.7 Å². The molecular formula is C15H18N2S. The van der Waals surface area contributed by atoms with Crippen LogP contribution < -0.4 is 5.32 Å². The van der Waals surface area contributed by atoms with Gasteiger partial charge in [-0.2, -0.15) is 0 Å². The van der Waals surface area contributed by atoms with Crippen LogP contribution >= 0.6 is 11.3 Å². The quantitative estimate of drug-likeness (QED) is 0.911. The van der Waals surface area contributed by atoms with Crippen LogP contribution in [0.1, 0.15) is 33.5 Å². The molecule has 0 saturated carbocycles. The van der Waals surface area contributed by atoms with Crippen molar-refractivity contribution in [2.24, 2.45) is 0 Å². The van der Waals surface area contributed by atoms with Crippen LogP contribution in [0.2, 0.25) is 0 Å². The highest BCUT2D eigenvalue weighted by atomic mass is 32.1. The first kappa shape index (κ1) is 11.9. The molecular weight excluding hydrogens is 240 g/mol. The average molecular weight is 258 g/mol. The van der Waals surface area contributed by atoms with Crippen LogP contribution in [0.4, 0.5) is 0 Å². The second-order valence-electron chi connectivity index (χ2n) is 4.82. The van der Waals surface area contributed by atoms with E-state index in [-0.39, 0.29) is 0 Å². The molecule has 0 aliphatic heterocycles. The third kappa shape index (κ3) is 2.33. The van der Waals surface area contributed by atoms with Gasteiger partial charge in [-0.3, -0.25) is 4.98 Å². The number of aryl methyl sites for hydroxylation is 2. The average Bonchev–Trinajstić information content (AvgIpc) is 2.98. The number of rotatable bonds is 4. The molecule has 0 radical (unpaired) electrons.